The minimum Gasteiger partial charge on any atom is -0.324 e. The third-order valence-corrected chi connectivity index (χ3v) is 5.41. The Morgan fingerprint density at radius 2 is 1.79 bits per heavy atom. The van der Waals surface area contributed by atoms with Gasteiger partial charge in [0.15, 0.2) is 5.65 Å². The van der Waals surface area contributed by atoms with Crippen LogP contribution in [0.3, 0.4) is 0 Å². The number of rotatable bonds is 4. The van der Waals surface area contributed by atoms with Gasteiger partial charge in [0, 0.05) is 17.3 Å². The first-order chi connectivity index (χ1) is 13.9. The normalized spacial score (nSPS) is 11.0. The van der Waals surface area contributed by atoms with Crippen LogP contribution in [0.5, 0.6) is 0 Å². The largest absolute Gasteiger partial charge is 0.324 e. The van der Waals surface area contributed by atoms with E-state index < -0.39 is 0 Å². The van der Waals surface area contributed by atoms with E-state index >= 15 is 0 Å². The lowest BCUT2D eigenvalue weighted by Crippen LogP contribution is -2.19. The highest BCUT2D eigenvalue weighted by atomic mass is 35.5. The van der Waals surface area contributed by atoms with Gasteiger partial charge in [-0.1, -0.05) is 53.0 Å². The summed E-state index contributed by atoms with van der Waals surface area (Å²) < 4.78 is 1.62. The molecular weight excluding hydrogens is 407 g/mol. The van der Waals surface area contributed by atoms with E-state index in [-0.39, 0.29) is 12.5 Å². The van der Waals surface area contributed by atoms with E-state index in [0.717, 1.165) is 22.2 Å². The van der Waals surface area contributed by atoms with E-state index in [4.69, 9.17) is 23.2 Å². The van der Waals surface area contributed by atoms with Gasteiger partial charge in [-0.3, -0.25) is 4.79 Å². The molecule has 0 bridgehead atoms. The van der Waals surface area contributed by atoms with Crippen LogP contribution in [0.1, 0.15) is 11.3 Å². The molecule has 7 heteroatoms. The van der Waals surface area contributed by atoms with Gasteiger partial charge in [0.05, 0.1) is 15.7 Å². The number of benzene rings is 2. The molecule has 1 amide bonds. The summed E-state index contributed by atoms with van der Waals surface area (Å²) in [6.45, 7) is 4.02. The fraction of sp³-hybridized carbons (Fsp3) is 0.136. The lowest BCUT2D eigenvalue weighted by atomic mass is 10.0. The maximum Gasteiger partial charge on any atom is 0.246 e. The van der Waals surface area contributed by atoms with Crippen LogP contribution in [-0.2, 0) is 11.3 Å². The number of hydrogen-bond donors (Lipinski definition) is 1. The average Bonchev–Trinajstić information content (AvgIpc) is 3.01. The van der Waals surface area contributed by atoms with Crippen molar-refractivity contribution in [3.63, 3.8) is 0 Å². The topological polar surface area (TPSA) is 59.8 Å². The standard InChI is InChI=1S/C22H18Cl2N4O/c1-13-3-5-15(6-4-13)17-9-10-25-22-21(17)14(2)27-28(22)12-20(29)26-16-7-8-18(23)19(24)11-16/h3-11H,12H2,1-2H3,(H,26,29). The van der Waals surface area contributed by atoms with Gasteiger partial charge in [-0.2, -0.15) is 5.10 Å². The van der Waals surface area contributed by atoms with Gasteiger partial charge in [-0.25, -0.2) is 9.67 Å². The van der Waals surface area contributed by atoms with Crippen molar-refractivity contribution in [1.82, 2.24) is 14.8 Å². The molecular formula is C22H18Cl2N4O. The molecule has 0 saturated carbocycles. The molecule has 2 aromatic heterocycles. The quantitative estimate of drug-likeness (QED) is 0.459. The molecule has 0 atom stereocenters. The predicted molar refractivity (Wildman–Crippen MR) is 118 cm³/mol. The zero-order valence-electron chi connectivity index (χ0n) is 15.9. The molecule has 2 heterocycles. The molecule has 4 aromatic rings. The Kier molecular flexibility index (Phi) is 5.26. The predicted octanol–water partition coefficient (Wildman–Crippen LogP) is 5.66. The van der Waals surface area contributed by atoms with Gasteiger partial charge in [-0.05, 0) is 49.2 Å². The fourth-order valence-electron chi connectivity index (χ4n) is 3.28. The van der Waals surface area contributed by atoms with Gasteiger partial charge < -0.3 is 5.32 Å². The van der Waals surface area contributed by atoms with Crippen molar-refractivity contribution in [1.29, 1.82) is 0 Å². The monoisotopic (exact) mass is 424 g/mol. The van der Waals surface area contributed by atoms with Crippen LogP contribution in [-0.4, -0.2) is 20.7 Å². The van der Waals surface area contributed by atoms with Crippen molar-refractivity contribution in [2.75, 3.05) is 5.32 Å². The summed E-state index contributed by atoms with van der Waals surface area (Å²) in [5.74, 6) is -0.227. The van der Waals surface area contributed by atoms with Crippen LogP contribution in [0, 0.1) is 13.8 Å². The molecule has 0 radical (unpaired) electrons. The number of halogens is 2. The highest BCUT2D eigenvalue weighted by Gasteiger charge is 2.16. The van der Waals surface area contributed by atoms with Crippen molar-refractivity contribution in [3.8, 4) is 11.1 Å². The minimum atomic E-state index is -0.227. The van der Waals surface area contributed by atoms with Crippen molar-refractivity contribution < 1.29 is 4.79 Å². The smallest absolute Gasteiger partial charge is 0.246 e. The van der Waals surface area contributed by atoms with Gasteiger partial charge in [0.1, 0.15) is 6.54 Å². The van der Waals surface area contributed by atoms with E-state index in [1.807, 2.05) is 13.0 Å². The van der Waals surface area contributed by atoms with Crippen LogP contribution in [0.2, 0.25) is 10.0 Å². The number of carbonyl (C=O) groups is 1. The number of pyridine rings is 1. The van der Waals surface area contributed by atoms with E-state index in [2.05, 4.69) is 46.6 Å². The van der Waals surface area contributed by atoms with Gasteiger partial charge in [0.2, 0.25) is 5.91 Å². The van der Waals surface area contributed by atoms with E-state index in [9.17, 15) is 4.79 Å². The molecule has 0 unspecified atom stereocenters. The molecule has 0 spiro atoms. The maximum absolute atomic E-state index is 12.5. The number of anilines is 1. The summed E-state index contributed by atoms with van der Waals surface area (Å²) in [4.78, 5) is 17.0. The van der Waals surface area contributed by atoms with Crippen LogP contribution in [0.4, 0.5) is 5.69 Å². The molecule has 0 fully saturated rings. The molecule has 2 aromatic carbocycles. The molecule has 5 nitrogen and oxygen atoms in total. The number of amides is 1. The van der Waals surface area contributed by atoms with E-state index in [1.54, 1.807) is 29.1 Å². The number of aryl methyl sites for hydroxylation is 2. The molecule has 0 saturated heterocycles. The molecule has 4 rings (SSSR count). The highest BCUT2D eigenvalue weighted by molar-refractivity contribution is 6.42. The van der Waals surface area contributed by atoms with E-state index in [0.29, 0.717) is 21.4 Å². The SMILES string of the molecule is Cc1ccc(-c2ccnc3c2c(C)nn3CC(=O)Nc2ccc(Cl)c(Cl)c2)cc1. The molecule has 1 N–H and O–H groups in total. The Balaban J connectivity index is 1.64. The fourth-order valence-corrected chi connectivity index (χ4v) is 3.57. The second-order valence-corrected chi connectivity index (χ2v) is 7.66. The van der Waals surface area contributed by atoms with Crippen molar-refractivity contribution in [2.24, 2.45) is 0 Å². The van der Waals surface area contributed by atoms with Gasteiger partial charge in [-0.15, -0.1) is 0 Å². The molecule has 0 aliphatic rings. The summed E-state index contributed by atoms with van der Waals surface area (Å²) >= 11 is 11.9. The number of aromatic nitrogens is 3. The number of fused-ring (bicyclic) bond motifs is 1. The first-order valence-corrected chi connectivity index (χ1v) is 9.82. The third-order valence-electron chi connectivity index (χ3n) is 4.67. The van der Waals surface area contributed by atoms with Crippen molar-refractivity contribution in [3.05, 3.63) is 76.0 Å². The molecule has 0 aliphatic heterocycles. The summed E-state index contributed by atoms with van der Waals surface area (Å²) in [6, 6.07) is 15.2. The first-order valence-electron chi connectivity index (χ1n) is 9.06. The summed E-state index contributed by atoms with van der Waals surface area (Å²) in [5, 5.41) is 9.13. The number of nitrogens with one attached hydrogen (secondary N) is 1. The molecule has 29 heavy (non-hydrogen) atoms. The maximum atomic E-state index is 12.5. The highest BCUT2D eigenvalue weighted by Crippen LogP contribution is 2.30. The van der Waals surface area contributed by atoms with Crippen molar-refractivity contribution in [2.45, 2.75) is 20.4 Å². The summed E-state index contributed by atoms with van der Waals surface area (Å²) in [7, 11) is 0. The Hall–Kier alpha value is -2.89. The zero-order valence-corrected chi connectivity index (χ0v) is 17.4. The third kappa shape index (κ3) is 3.97. The van der Waals surface area contributed by atoms with Crippen LogP contribution < -0.4 is 5.32 Å². The second-order valence-electron chi connectivity index (χ2n) is 6.84. The zero-order chi connectivity index (χ0) is 20.5. The summed E-state index contributed by atoms with van der Waals surface area (Å²) in [6.07, 6.45) is 1.74. The lowest BCUT2D eigenvalue weighted by Gasteiger charge is -2.08. The average molecular weight is 425 g/mol. The van der Waals surface area contributed by atoms with Crippen LogP contribution in [0.25, 0.3) is 22.2 Å². The lowest BCUT2D eigenvalue weighted by molar-refractivity contribution is -0.116. The van der Waals surface area contributed by atoms with Crippen molar-refractivity contribution >= 4 is 45.8 Å². The van der Waals surface area contributed by atoms with E-state index in [1.165, 1.54) is 5.56 Å². The minimum absolute atomic E-state index is 0.0366. The summed E-state index contributed by atoms with van der Waals surface area (Å²) in [5.41, 5.74) is 5.40. The first kappa shape index (κ1) is 19.4. The number of carbonyl (C=O) groups excluding carboxylic acids is 1. The molecule has 0 aliphatic carbocycles. The van der Waals surface area contributed by atoms with Gasteiger partial charge in [0.25, 0.3) is 0 Å². The Morgan fingerprint density at radius 3 is 2.52 bits per heavy atom. The Bertz CT molecular complexity index is 1220. The van der Waals surface area contributed by atoms with Crippen LogP contribution >= 0.6 is 23.2 Å². The van der Waals surface area contributed by atoms with Gasteiger partial charge >= 0.3 is 0 Å². The Morgan fingerprint density at radius 1 is 1.03 bits per heavy atom. The molecule has 146 valence electrons. The Labute approximate surface area is 178 Å². The number of nitrogens with zero attached hydrogens (tertiary/aromatic N) is 3. The number of hydrogen-bond acceptors (Lipinski definition) is 3. The van der Waals surface area contributed by atoms with Crippen LogP contribution in [0.15, 0.2) is 54.7 Å². The second kappa shape index (κ2) is 7.85.